The highest BCUT2D eigenvalue weighted by Crippen LogP contribution is 2.15. The highest BCUT2D eigenvalue weighted by atomic mass is 35.5. The molecule has 1 amide bonds. The first-order chi connectivity index (χ1) is 9.28. The highest BCUT2D eigenvalue weighted by Gasteiger charge is 2.15. The van der Waals surface area contributed by atoms with Gasteiger partial charge >= 0.3 is 6.09 Å². The Bertz CT molecular complexity index is 541. The fourth-order valence-corrected chi connectivity index (χ4v) is 1.46. The van der Waals surface area contributed by atoms with E-state index in [-0.39, 0.29) is 5.82 Å². The number of halogens is 2. The molecule has 1 rings (SSSR count). The number of amides is 1. The molecule has 0 heterocycles. The summed E-state index contributed by atoms with van der Waals surface area (Å²) in [6, 6.07) is 4.01. The summed E-state index contributed by atoms with van der Waals surface area (Å²) in [6.45, 7) is 5.73. The summed E-state index contributed by atoms with van der Waals surface area (Å²) in [7, 11) is 0. The summed E-state index contributed by atoms with van der Waals surface area (Å²) in [5, 5.41) is 2.98. The lowest BCUT2D eigenvalue weighted by Crippen LogP contribution is -2.32. The van der Waals surface area contributed by atoms with Gasteiger partial charge < -0.3 is 10.1 Å². The van der Waals surface area contributed by atoms with Gasteiger partial charge in [-0.2, -0.15) is 0 Å². The van der Waals surface area contributed by atoms with Crippen LogP contribution < -0.4 is 5.32 Å². The first-order valence-corrected chi connectivity index (χ1v) is 6.56. The fourth-order valence-electron chi connectivity index (χ4n) is 1.29. The number of alkyl carbamates (subject to hydrolysis) is 1. The van der Waals surface area contributed by atoms with Gasteiger partial charge in [-0.15, -0.1) is 0 Å². The molecule has 0 saturated heterocycles. The molecular formula is C15H17ClFNO2. The van der Waals surface area contributed by atoms with Gasteiger partial charge in [0.05, 0.1) is 5.02 Å². The minimum Gasteiger partial charge on any atom is -0.444 e. The molecule has 1 aromatic rings. The molecule has 20 heavy (non-hydrogen) atoms. The summed E-state index contributed by atoms with van der Waals surface area (Å²) < 4.78 is 18.1. The Kier molecular flexibility index (Phi) is 5.84. The van der Waals surface area contributed by atoms with Crippen molar-refractivity contribution in [2.45, 2.75) is 32.8 Å². The Balaban J connectivity index is 2.40. The Morgan fingerprint density at radius 1 is 1.45 bits per heavy atom. The van der Waals surface area contributed by atoms with Crippen molar-refractivity contribution >= 4 is 17.7 Å². The van der Waals surface area contributed by atoms with Crippen molar-refractivity contribution in [1.29, 1.82) is 0 Å². The third-order valence-corrected chi connectivity index (χ3v) is 2.40. The summed E-state index contributed by atoms with van der Waals surface area (Å²) in [5.41, 5.74) is -0.0888. The highest BCUT2D eigenvalue weighted by molar-refractivity contribution is 6.31. The van der Waals surface area contributed by atoms with E-state index in [0.717, 1.165) is 0 Å². The van der Waals surface area contributed by atoms with Crippen LogP contribution in [0.5, 0.6) is 0 Å². The fraction of sp³-hybridized carbons (Fsp3) is 0.400. The topological polar surface area (TPSA) is 38.3 Å². The van der Waals surface area contributed by atoms with Gasteiger partial charge in [-0.25, -0.2) is 9.18 Å². The van der Waals surface area contributed by atoms with Crippen LogP contribution in [0.4, 0.5) is 9.18 Å². The molecule has 0 aromatic heterocycles. The van der Waals surface area contributed by atoms with Crippen LogP contribution in [0, 0.1) is 17.7 Å². The van der Waals surface area contributed by atoms with Crippen molar-refractivity contribution in [3.63, 3.8) is 0 Å². The summed E-state index contributed by atoms with van der Waals surface area (Å²) >= 11 is 5.87. The first-order valence-electron chi connectivity index (χ1n) is 6.19. The molecule has 0 aliphatic carbocycles. The lowest BCUT2D eigenvalue weighted by molar-refractivity contribution is 0.0529. The Morgan fingerprint density at radius 3 is 2.80 bits per heavy atom. The second kappa shape index (κ2) is 7.16. The van der Waals surface area contributed by atoms with Gasteiger partial charge in [0.2, 0.25) is 0 Å². The molecule has 1 N–H and O–H groups in total. The number of ether oxygens (including phenoxy) is 1. The molecule has 0 fully saturated rings. The van der Waals surface area contributed by atoms with Gasteiger partial charge in [-0.1, -0.05) is 23.4 Å². The van der Waals surface area contributed by atoms with E-state index >= 15 is 0 Å². The smallest absolute Gasteiger partial charge is 0.407 e. The molecule has 0 radical (unpaired) electrons. The molecule has 108 valence electrons. The second-order valence-corrected chi connectivity index (χ2v) is 5.51. The Labute approximate surface area is 123 Å². The molecule has 0 unspecified atom stereocenters. The van der Waals surface area contributed by atoms with Crippen LogP contribution in [0.3, 0.4) is 0 Å². The molecular weight excluding hydrogens is 281 g/mol. The van der Waals surface area contributed by atoms with Crippen LogP contribution >= 0.6 is 11.6 Å². The summed E-state index contributed by atoms with van der Waals surface area (Å²) in [5.74, 6) is 5.19. The monoisotopic (exact) mass is 297 g/mol. The SMILES string of the molecule is CC(C)(C)OC(=O)NCCC#Cc1cc(F)ccc1Cl. The van der Waals surface area contributed by atoms with Crippen LogP contribution in [0.1, 0.15) is 32.8 Å². The molecule has 5 heteroatoms. The number of hydrogen-bond donors (Lipinski definition) is 1. The third kappa shape index (κ3) is 6.44. The summed E-state index contributed by atoms with van der Waals surface area (Å²) in [6.07, 6.45) is -0.0605. The van der Waals surface area contributed by atoms with E-state index < -0.39 is 11.7 Å². The quantitative estimate of drug-likeness (QED) is 0.667. The van der Waals surface area contributed by atoms with E-state index in [4.69, 9.17) is 16.3 Å². The van der Waals surface area contributed by atoms with E-state index in [1.165, 1.54) is 18.2 Å². The van der Waals surface area contributed by atoms with Crippen LogP contribution in [0.2, 0.25) is 5.02 Å². The number of rotatable bonds is 2. The van der Waals surface area contributed by atoms with E-state index in [1.807, 2.05) is 0 Å². The average molecular weight is 298 g/mol. The van der Waals surface area contributed by atoms with E-state index in [0.29, 0.717) is 23.6 Å². The third-order valence-electron chi connectivity index (χ3n) is 2.07. The largest absolute Gasteiger partial charge is 0.444 e. The predicted octanol–water partition coefficient (Wildman–Crippen LogP) is 3.75. The zero-order chi connectivity index (χ0) is 15.2. The van der Waals surface area contributed by atoms with Crippen LogP contribution in [0.25, 0.3) is 0 Å². The van der Waals surface area contributed by atoms with Gasteiger partial charge in [-0.3, -0.25) is 0 Å². The average Bonchev–Trinajstić information content (AvgIpc) is 2.30. The Hall–Kier alpha value is -1.73. The molecule has 0 atom stereocenters. The standard InChI is InChI=1S/C15H17ClFNO2/c1-15(2,3)20-14(19)18-9-5-4-6-11-10-12(17)7-8-13(11)16/h7-8,10H,5,9H2,1-3H3,(H,18,19). The molecule has 0 aliphatic heterocycles. The minimum atomic E-state index is -0.523. The number of benzene rings is 1. The van der Waals surface area contributed by atoms with Crippen LogP contribution in [0.15, 0.2) is 18.2 Å². The van der Waals surface area contributed by atoms with E-state index in [9.17, 15) is 9.18 Å². The van der Waals surface area contributed by atoms with Crippen molar-refractivity contribution in [3.8, 4) is 11.8 Å². The lowest BCUT2D eigenvalue weighted by atomic mass is 10.2. The molecule has 0 saturated carbocycles. The van der Waals surface area contributed by atoms with E-state index in [2.05, 4.69) is 17.2 Å². The number of nitrogens with one attached hydrogen (secondary N) is 1. The van der Waals surface area contributed by atoms with E-state index in [1.54, 1.807) is 20.8 Å². The number of carbonyl (C=O) groups excluding carboxylic acids is 1. The maximum Gasteiger partial charge on any atom is 0.407 e. The zero-order valence-electron chi connectivity index (χ0n) is 11.7. The van der Waals surface area contributed by atoms with Crippen molar-refractivity contribution in [2.75, 3.05) is 6.54 Å². The number of hydrogen-bond acceptors (Lipinski definition) is 2. The normalized spacial score (nSPS) is 10.4. The molecule has 1 aromatic carbocycles. The van der Waals surface area contributed by atoms with Gasteiger partial charge in [0.15, 0.2) is 0 Å². The van der Waals surface area contributed by atoms with Gasteiger partial charge in [0.1, 0.15) is 11.4 Å². The van der Waals surface area contributed by atoms with Gasteiger partial charge in [-0.05, 0) is 39.0 Å². The van der Waals surface area contributed by atoms with Crippen molar-refractivity contribution in [1.82, 2.24) is 5.32 Å². The molecule has 0 spiro atoms. The lowest BCUT2D eigenvalue weighted by Gasteiger charge is -2.19. The molecule has 3 nitrogen and oxygen atoms in total. The van der Waals surface area contributed by atoms with Crippen LogP contribution in [-0.2, 0) is 4.74 Å². The van der Waals surface area contributed by atoms with Crippen molar-refractivity contribution < 1.29 is 13.9 Å². The predicted molar refractivity (Wildman–Crippen MR) is 77.1 cm³/mol. The first kappa shape index (κ1) is 16.3. The molecule has 0 aliphatic rings. The van der Waals surface area contributed by atoms with Crippen molar-refractivity contribution in [2.24, 2.45) is 0 Å². The maximum atomic E-state index is 13.0. The second-order valence-electron chi connectivity index (χ2n) is 5.10. The zero-order valence-corrected chi connectivity index (χ0v) is 12.5. The molecule has 0 bridgehead atoms. The maximum absolute atomic E-state index is 13.0. The van der Waals surface area contributed by atoms with Crippen LogP contribution in [-0.4, -0.2) is 18.2 Å². The summed E-state index contributed by atoms with van der Waals surface area (Å²) in [4.78, 5) is 11.3. The minimum absolute atomic E-state index is 0.356. The Morgan fingerprint density at radius 2 is 2.15 bits per heavy atom. The van der Waals surface area contributed by atoms with Crippen molar-refractivity contribution in [3.05, 3.63) is 34.6 Å². The van der Waals surface area contributed by atoms with Gasteiger partial charge in [0, 0.05) is 18.5 Å². The number of carbonyl (C=O) groups is 1. The van der Waals surface area contributed by atoms with Gasteiger partial charge in [0.25, 0.3) is 0 Å².